The summed E-state index contributed by atoms with van der Waals surface area (Å²) in [6.07, 6.45) is 8.79. The van der Waals surface area contributed by atoms with Gasteiger partial charge in [-0.3, -0.25) is 19.2 Å². The highest BCUT2D eigenvalue weighted by molar-refractivity contribution is 7.98. The van der Waals surface area contributed by atoms with E-state index in [4.69, 9.17) is 21.2 Å². The Kier molecular flexibility index (Phi) is 15.7. The predicted molar refractivity (Wildman–Crippen MR) is 222 cm³/mol. The molecule has 16 heteroatoms. The number of para-hydroxylation sites is 2. The average molecular weight is 822 g/mol. The third-order valence-corrected chi connectivity index (χ3v) is 11.4. The van der Waals surface area contributed by atoms with Crippen molar-refractivity contribution in [3.05, 3.63) is 144 Å². The quantitative estimate of drug-likeness (QED) is 0.0581. The zero-order chi connectivity index (χ0) is 41.3. The van der Waals surface area contributed by atoms with Crippen LogP contribution in [0.5, 0.6) is 11.5 Å². The molecule has 300 valence electrons. The number of amides is 4. The Morgan fingerprint density at radius 3 is 1.81 bits per heavy atom. The van der Waals surface area contributed by atoms with Gasteiger partial charge in [-0.15, -0.1) is 17.4 Å². The molecule has 5 N–H and O–H groups in total. The molecule has 0 saturated carbocycles. The van der Waals surface area contributed by atoms with Crippen molar-refractivity contribution in [3.63, 3.8) is 0 Å². The fraction of sp³-hybridized carbons (Fsp3) is 0.238. The van der Waals surface area contributed by atoms with Crippen molar-refractivity contribution in [1.82, 2.24) is 30.9 Å². The summed E-state index contributed by atoms with van der Waals surface area (Å²) in [4.78, 5) is 53.6. The fourth-order valence-corrected chi connectivity index (χ4v) is 8.07. The molecule has 0 bridgehead atoms. The lowest BCUT2D eigenvalue weighted by atomic mass is 10.0. The van der Waals surface area contributed by atoms with E-state index in [0.29, 0.717) is 5.75 Å². The van der Waals surface area contributed by atoms with Gasteiger partial charge in [-0.05, 0) is 53.8 Å². The van der Waals surface area contributed by atoms with Gasteiger partial charge in [0.05, 0.1) is 6.20 Å². The molecule has 5 aromatic rings. The largest absolute Gasteiger partial charge is 0.453 e. The predicted octanol–water partition coefficient (Wildman–Crippen LogP) is 4.94. The van der Waals surface area contributed by atoms with Gasteiger partial charge in [0.1, 0.15) is 29.6 Å². The lowest BCUT2D eigenvalue weighted by Gasteiger charge is -2.28. The molecule has 0 fully saturated rings. The lowest BCUT2D eigenvalue weighted by Crippen LogP contribution is -2.54. The molecule has 0 radical (unpaired) electrons. The summed E-state index contributed by atoms with van der Waals surface area (Å²) in [6, 6.07) is 32.0. The Balaban J connectivity index is 1.45. The first-order chi connectivity index (χ1) is 28.1. The minimum absolute atomic E-state index is 0.0498. The van der Waals surface area contributed by atoms with Crippen LogP contribution in [0, 0.1) is 12.3 Å². The van der Waals surface area contributed by atoms with Crippen LogP contribution in [-0.2, 0) is 31.8 Å². The van der Waals surface area contributed by atoms with Crippen LogP contribution in [0.15, 0.2) is 128 Å². The van der Waals surface area contributed by atoms with E-state index in [-0.39, 0.29) is 42.9 Å². The second-order valence-corrected chi connectivity index (χ2v) is 16.1. The Labute approximate surface area is 341 Å². The molecular formula is C42H44N7O7PS. The molecule has 58 heavy (non-hydrogen) atoms. The molecule has 1 unspecified atom stereocenters. The number of hydrogen-bond donors (Lipinski definition) is 4. The first kappa shape index (κ1) is 42.8. The van der Waals surface area contributed by atoms with E-state index in [2.05, 4.69) is 32.2 Å². The van der Waals surface area contributed by atoms with Crippen molar-refractivity contribution in [3.8, 4) is 23.8 Å². The maximum atomic E-state index is 15.0. The third-order valence-electron chi connectivity index (χ3n) is 8.77. The zero-order valence-corrected chi connectivity index (χ0v) is 33.4. The summed E-state index contributed by atoms with van der Waals surface area (Å²) in [5, 5.41) is 16.5. The summed E-state index contributed by atoms with van der Waals surface area (Å²) >= 11 is 1.47. The standard InChI is InChI=1S/C42H44N7O7PS/c1-3-16-34(39(43)50)44-40(51)35(25-26-58-2)45-42(53)37(27-30-17-8-4-9-18-30)49-29-36(47-48-49)41(52)46-38(28-31-19-10-5-11-20-31)57(54,55-32-21-12-6-13-22-32)56-33-23-14-7-15-24-33/h1,4-15,17-24,29,34-35,37-38H,16,25-28H2,2H3,(H2,43,50)(H,44,51)(H,45,53)(H,46,52)/t34-,35-,37-,38?/m1/s1. The number of aromatic nitrogens is 3. The van der Waals surface area contributed by atoms with Gasteiger partial charge >= 0.3 is 7.60 Å². The second kappa shape index (κ2) is 21.2. The maximum absolute atomic E-state index is 15.0. The van der Waals surface area contributed by atoms with E-state index in [9.17, 15) is 23.7 Å². The number of primary amides is 1. The monoisotopic (exact) mass is 821 g/mol. The average Bonchev–Trinajstić information content (AvgIpc) is 3.73. The molecular weight excluding hydrogens is 778 g/mol. The van der Waals surface area contributed by atoms with Crippen molar-refractivity contribution in [2.75, 3.05) is 12.0 Å². The molecule has 0 aliphatic carbocycles. The second-order valence-electron chi connectivity index (χ2n) is 13.0. The molecule has 1 heterocycles. The number of terminal acetylenes is 1. The van der Waals surface area contributed by atoms with E-state index in [1.165, 1.54) is 22.6 Å². The Morgan fingerprint density at radius 1 is 0.776 bits per heavy atom. The van der Waals surface area contributed by atoms with Crippen LogP contribution in [-0.4, -0.2) is 68.5 Å². The SMILES string of the molecule is C#CC[C@@H](NC(=O)[C@@H](CCSC)NC(=O)[C@@H](Cc1ccccc1)n1cc(C(=O)NC(Cc2ccccc2)P(=O)(Oc2ccccc2)Oc2ccccc2)nn1)C(N)=O. The van der Waals surface area contributed by atoms with Crippen LogP contribution in [0.1, 0.15) is 40.5 Å². The lowest BCUT2D eigenvalue weighted by molar-refractivity contribution is -0.132. The summed E-state index contributed by atoms with van der Waals surface area (Å²) in [5.74, 6) is -0.688. The topological polar surface area (TPSA) is 197 Å². The van der Waals surface area contributed by atoms with E-state index < -0.39 is 55.1 Å². The van der Waals surface area contributed by atoms with E-state index in [0.717, 1.165) is 11.1 Å². The smallest absolute Gasteiger partial charge is 0.415 e. The molecule has 0 spiro atoms. The third kappa shape index (κ3) is 12.3. The first-order valence-electron chi connectivity index (χ1n) is 18.3. The van der Waals surface area contributed by atoms with Crippen molar-refractivity contribution < 1.29 is 32.8 Å². The van der Waals surface area contributed by atoms with Crippen LogP contribution in [0.3, 0.4) is 0 Å². The van der Waals surface area contributed by atoms with Crippen LogP contribution in [0.4, 0.5) is 0 Å². The number of nitrogens with one attached hydrogen (secondary N) is 3. The van der Waals surface area contributed by atoms with Crippen LogP contribution >= 0.6 is 19.4 Å². The van der Waals surface area contributed by atoms with Gasteiger partial charge < -0.3 is 30.7 Å². The molecule has 14 nitrogen and oxygen atoms in total. The number of carbonyl (C=O) groups is 4. The number of thioether (sulfide) groups is 1. The van der Waals surface area contributed by atoms with Gasteiger partial charge in [-0.2, -0.15) is 11.8 Å². The number of nitrogens with zero attached hydrogens (tertiary/aromatic N) is 3. The van der Waals surface area contributed by atoms with Crippen molar-refractivity contribution >= 4 is 43.0 Å². The van der Waals surface area contributed by atoms with Crippen LogP contribution in [0.25, 0.3) is 0 Å². The fourth-order valence-electron chi connectivity index (χ4n) is 5.77. The summed E-state index contributed by atoms with van der Waals surface area (Å²) < 4.78 is 28.4. The first-order valence-corrected chi connectivity index (χ1v) is 21.3. The number of rotatable bonds is 21. The van der Waals surface area contributed by atoms with Gasteiger partial charge in [0.15, 0.2) is 11.5 Å². The summed E-state index contributed by atoms with van der Waals surface area (Å²) in [5.41, 5.74) is 6.76. The number of carbonyl (C=O) groups excluding carboxylic acids is 4. The van der Waals surface area contributed by atoms with Gasteiger partial charge in [-0.1, -0.05) is 102 Å². The molecule has 0 saturated heterocycles. The van der Waals surface area contributed by atoms with E-state index in [1.807, 2.05) is 66.9 Å². The van der Waals surface area contributed by atoms with Gasteiger partial charge in [0.2, 0.25) is 17.7 Å². The summed E-state index contributed by atoms with van der Waals surface area (Å²) in [7, 11) is -4.27. The molecule has 0 aliphatic rings. The number of nitrogens with two attached hydrogens (primary N) is 1. The Bertz CT molecular complexity index is 2160. The van der Waals surface area contributed by atoms with Gasteiger partial charge in [-0.25, -0.2) is 9.25 Å². The number of hydrogen-bond acceptors (Lipinski definition) is 10. The van der Waals surface area contributed by atoms with Crippen molar-refractivity contribution in [2.24, 2.45) is 5.73 Å². The highest BCUT2D eigenvalue weighted by Gasteiger charge is 2.41. The van der Waals surface area contributed by atoms with Crippen LogP contribution < -0.4 is 30.7 Å². The zero-order valence-electron chi connectivity index (χ0n) is 31.7. The van der Waals surface area contributed by atoms with E-state index in [1.54, 1.807) is 60.7 Å². The molecule has 4 amide bonds. The van der Waals surface area contributed by atoms with Crippen molar-refractivity contribution in [2.45, 2.75) is 49.6 Å². The maximum Gasteiger partial charge on any atom is 0.453 e. The minimum atomic E-state index is -4.27. The number of benzene rings is 4. The van der Waals surface area contributed by atoms with Gasteiger partial charge in [0, 0.05) is 19.3 Å². The highest BCUT2D eigenvalue weighted by Crippen LogP contribution is 2.53. The summed E-state index contributed by atoms with van der Waals surface area (Å²) in [6.45, 7) is 0. The Hall–Kier alpha value is -6.36. The molecule has 4 atom stereocenters. The van der Waals surface area contributed by atoms with Gasteiger partial charge in [0.25, 0.3) is 5.91 Å². The van der Waals surface area contributed by atoms with Crippen LogP contribution in [0.2, 0.25) is 0 Å². The van der Waals surface area contributed by atoms with E-state index >= 15 is 0 Å². The molecule has 0 aliphatic heterocycles. The highest BCUT2D eigenvalue weighted by atomic mass is 32.2. The molecule has 4 aromatic carbocycles. The minimum Gasteiger partial charge on any atom is -0.415 e. The molecule has 5 rings (SSSR count). The molecule has 1 aromatic heterocycles. The normalized spacial score (nSPS) is 13.1. The Morgan fingerprint density at radius 2 is 1.29 bits per heavy atom. The van der Waals surface area contributed by atoms with Crippen molar-refractivity contribution in [1.29, 1.82) is 0 Å².